The normalized spacial score (nSPS) is 14.1. The smallest absolute Gasteiger partial charge is 0.132 e. The minimum absolute atomic E-state index is 0.0704. The number of hydrogen-bond acceptors (Lipinski definition) is 3. The van der Waals surface area contributed by atoms with Crippen LogP contribution in [0.2, 0.25) is 0 Å². The van der Waals surface area contributed by atoms with Crippen molar-refractivity contribution in [1.82, 2.24) is 15.1 Å². The highest BCUT2D eigenvalue weighted by Crippen LogP contribution is 2.23. The summed E-state index contributed by atoms with van der Waals surface area (Å²) in [6.45, 7) is 6.05. The summed E-state index contributed by atoms with van der Waals surface area (Å²) < 4.78 is 28.5. The predicted molar refractivity (Wildman–Crippen MR) is 80.3 cm³/mol. The molecule has 2 N–H and O–H groups in total. The summed E-state index contributed by atoms with van der Waals surface area (Å²) in [5, 5.41) is 17.9. The maximum Gasteiger partial charge on any atom is 0.132 e. The minimum Gasteiger partial charge on any atom is -0.384 e. The summed E-state index contributed by atoms with van der Waals surface area (Å²) in [7, 11) is 1.87. The van der Waals surface area contributed by atoms with Crippen LogP contribution in [0.3, 0.4) is 0 Å². The van der Waals surface area contributed by atoms with Gasteiger partial charge < -0.3 is 10.4 Å². The van der Waals surface area contributed by atoms with Crippen molar-refractivity contribution in [3.05, 3.63) is 52.3 Å². The van der Waals surface area contributed by atoms with Gasteiger partial charge in [-0.15, -0.1) is 0 Å². The molecule has 1 atom stereocenters. The highest BCUT2D eigenvalue weighted by Gasteiger charge is 2.26. The van der Waals surface area contributed by atoms with E-state index in [2.05, 4.69) is 10.4 Å². The van der Waals surface area contributed by atoms with Crippen molar-refractivity contribution in [2.24, 2.45) is 7.05 Å². The molecule has 6 heteroatoms. The van der Waals surface area contributed by atoms with Gasteiger partial charge in [0.1, 0.15) is 17.2 Å². The first-order chi connectivity index (χ1) is 10.2. The Morgan fingerprint density at radius 3 is 2.55 bits per heavy atom. The highest BCUT2D eigenvalue weighted by atomic mass is 19.1. The van der Waals surface area contributed by atoms with E-state index < -0.39 is 17.2 Å². The Morgan fingerprint density at radius 1 is 1.32 bits per heavy atom. The number of rotatable bonds is 5. The molecule has 22 heavy (non-hydrogen) atoms. The third kappa shape index (κ3) is 3.34. The average Bonchev–Trinajstić information content (AvgIpc) is 2.64. The molecule has 120 valence electrons. The van der Waals surface area contributed by atoms with Gasteiger partial charge in [0.25, 0.3) is 0 Å². The first kappa shape index (κ1) is 16.6. The van der Waals surface area contributed by atoms with E-state index in [4.69, 9.17) is 0 Å². The van der Waals surface area contributed by atoms with Gasteiger partial charge in [0.05, 0.1) is 5.69 Å². The van der Waals surface area contributed by atoms with Crippen LogP contribution in [0, 0.1) is 25.5 Å². The number of nitrogens with one attached hydrogen (secondary N) is 1. The number of aliphatic hydroxyl groups is 1. The van der Waals surface area contributed by atoms with Crippen LogP contribution in [0.1, 0.15) is 29.4 Å². The lowest BCUT2D eigenvalue weighted by Gasteiger charge is -2.25. The van der Waals surface area contributed by atoms with E-state index in [0.717, 1.165) is 29.1 Å². The van der Waals surface area contributed by atoms with Crippen LogP contribution in [0.25, 0.3) is 0 Å². The van der Waals surface area contributed by atoms with Crippen LogP contribution < -0.4 is 5.32 Å². The van der Waals surface area contributed by atoms with Gasteiger partial charge in [-0.2, -0.15) is 5.10 Å². The Hall–Kier alpha value is -1.79. The largest absolute Gasteiger partial charge is 0.384 e. The Bertz CT molecular complexity index is 680. The van der Waals surface area contributed by atoms with Gasteiger partial charge >= 0.3 is 0 Å². The van der Waals surface area contributed by atoms with Gasteiger partial charge in [0.15, 0.2) is 0 Å². The van der Waals surface area contributed by atoms with Crippen molar-refractivity contribution in [3.8, 4) is 0 Å². The molecule has 0 aliphatic heterocycles. The van der Waals surface area contributed by atoms with E-state index in [0.29, 0.717) is 6.54 Å². The summed E-state index contributed by atoms with van der Waals surface area (Å²) in [5.41, 5.74) is 1.65. The summed E-state index contributed by atoms with van der Waals surface area (Å²) >= 11 is 0. The number of hydrogen-bond donors (Lipinski definition) is 2. The summed E-state index contributed by atoms with van der Waals surface area (Å²) in [5.74, 6) is -1.41. The quantitative estimate of drug-likeness (QED) is 0.891. The first-order valence-electron chi connectivity index (χ1n) is 7.10. The summed E-state index contributed by atoms with van der Waals surface area (Å²) in [6, 6.07) is 3.19. The zero-order valence-electron chi connectivity index (χ0n) is 13.2. The molecule has 0 radical (unpaired) electrons. The molecule has 2 aromatic rings. The second-order valence-electron chi connectivity index (χ2n) is 5.77. The highest BCUT2D eigenvalue weighted by molar-refractivity contribution is 5.26. The van der Waals surface area contributed by atoms with Gasteiger partial charge in [-0.05, 0) is 26.8 Å². The monoisotopic (exact) mass is 309 g/mol. The topological polar surface area (TPSA) is 50.1 Å². The molecule has 0 saturated carbocycles. The molecule has 0 saturated heterocycles. The van der Waals surface area contributed by atoms with Crippen LogP contribution in [0.5, 0.6) is 0 Å². The molecule has 1 unspecified atom stereocenters. The molecule has 0 aliphatic rings. The lowest BCUT2D eigenvalue weighted by atomic mass is 9.95. The van der Waals surface area contributed by atoms with Crippen LogP contribution in [-0.2, 0) is 19.2 Å². The molecule has 0 amide bonds. The summed E-state index contributed by atoms with van der Waals surface area (Å²) in [6.07, 6.45) is 0. The van der Waals surface area contributed by atoms with Crippen LogP contribution >= 0.6 is 0 Å². The van der Waals surface area contributed by atoms with Gasteiger partial charge in [0, 0.05) is 43.0 Å². The van der Waals surface area contributed by atoms with Crippen molar-refractivity contribution in [1.29, 1.82) is 0 Å². The van der Waals surface area contributed by atoms with Gasteiger partial charge in [-0.1, -0.05) is 6.07 Å². The van der Waals surface area contributed by atoms with E-state index in [1.54, 1.807) is 4.68 Å². The maximum atomic E-state index is 13.8. The number of halogens is 2. The molecule has 1 heterocycles. The zero-order chi connectivity index (χ0) is 16.5. The number of aryl methyl sites for hydroxylation is 2. The second-order valence-corrected chi connectivity index (χ2v) is 5.77. The van der Waals surface area contributed by atoms with Crippen LogP contribution in [0.4, 0.5) is 8.78 Å². The lowest BCUT2D eigenvalue weighted by Crippen LogP contribution is -2.36. The molecule has 1 aromatic heterocycles. The van der Waals surface area contributed by atoms with Crippen molar-refractivity contribution in [2.45, 2.75) is 32.9 Å². The fourth-order valence-corrected chi connectivity index (χ4v) is 2.53. The Morgan fingerprint density at radius 2 is 2.00 bits per heavy atom. The SMILES string of the molecule is Cc1nn(C)c(C)c1CNCC(C)(O)c1ccc(F)cc1F. The molecule has 0 spiro atoms. The Labute approximate surface area is 128 Å². The number of nitrogens with zero attached hydrogens (tertiary/aromatic N) is 2. The van der Waals surface area contributed by atoms with E-state index in [1.807, 2.05) is 20.9 Å². The zero-order valence-corrected chi connectivity index (χ0v) is 13.2. The fraction of sp³-hybridized carbons (Fsp3) is 0.438. The summed E-state index contributed by atoms with van der Waals surface area (Å²) in [4.78, 5) is 0. The third-order valence-corrected chi connectivity index (χ3v) is 3.94. The molecule has 0 fully saturated rings. The van der Waals surface area contributed by atoms with Gasteiger partial charge in [-0.3, -0.25) is 4.68 Å². The van der Waals surface area contributed by atoms with E-state index in [1.165, 1.54) is 13.0 Å². The molecule has 2 rings (SSSR count). The van der Waals surface area contributed by atoms with E-state index in [-0.39, 0.29) is 12.1 Å². The van der Waals surface area contributed by atoms with Crippen molar-refractivity contribution in [3.63, 3.8) is 0 Å². The molecule has 1 aromatic carbocycles. The van der Waals surface area contributed by atoms with Gasteiger partial charge in [-0.25, -0.2) is 8.78 Å². The molecular weight excluding hydrogens is 288 g/mol. The molecule has 4 nitrogen and oxygen atoms in total. The van der Waals surface area contributed by atoms with Crippen molar-refractivity contribution in [2.75, 3.05) is 6.54 Å². The molecule has 0 aliphatic carbocycles. The van der Waals surface area contributed by atoms with Crippen LogP contribution in [-0.4, -0.2) is 21.4 Å². The van der Waals surface area contributed by atoms with E-state index >= 15 is 0 Å². The Kier molecular flexibility index (Phi) is 4.63. The molecular formula is C16H21F2N3O. The van der Waals surface area contributed by atoms with E-state index in [9.17, 15) is 13.9 Å². The lowest BCUT2D eigenvalue weighted by molar-refractivity contribution is 0.0528. The van der Waals surface area contributed by atoms with Crippen molar-refractivity contribution < 1.29 is 13.9 Å². The second kappa shape index (κ2) is 6.14. The average molecular weight is 309 g/mol. The number of aromatic nitrogens is 2. The third-order valence-electron chi connectivity index (χ3n) is 3.94. The predicted octanol–water partition coefficient (Wildman–Crippen LogP) is 2.31. The molecule has 0 bridgehead atoms. The standard InChI is InChI=1S/C16H21F2N3O/c1-10-13(11(2)21(4)20-10)8-19-9-16(3,22)14-6-5-12(17)7-15(14)18/h5-7,19,22H,8-9H2,1-4H3. The van der Waals surface area contributed by atoms with Crippen molar-refractivity contribution >= 4 is 0 Å². The van der Waals surface area contributed by atoms with Crippen LogP contribution in [0.15, 0.2) is 18.2 Å². The fourth-order valence-electron chi connectivity index (χ4n) is 2.53. The Balaban J connectivity index is 2.06. The first-order valence-corrected chi connectivity index (χ1v) is 7.10. The minimum atomic E-state index is -1.43. The van der Waals surface area contributed by atoms with Gasteiger partial charge in [0.2, 0.25) is 0 Å². The maximum absolute atomic E-state index is 13.8. The number of benzene rings is 1.